The molecule has 0 aliphatic carbocycles. The van der Waals surface area contributed by atoms with Crippen molar-refractivity contribution >= 4 is 0 Å². The molecule has 6 heteroatoms. The fraction of sp³-hybridized carbons (Fsp3) is 0.400. The number of rotatable bonds is 2. The van der Waals surface area contributed by atoms with Crippen LogP contribution in [0.25, 0.3) is 0 Å². The molecule has 0 saturated heterocycles. The van der Waals surface area contributed by atoms with Gasteiger partial charge in [-0.05, 0) is 25.0 Å². The molecule has 1 rings (SSSR count). The van der Waals surface area contributed by atoms with Gasteiger partial charge >= 0.3 is 6.18 Å². The van der Waals surface area contributed by atoms with Gasteiger partial charge in [0, 0.05) is 6.04 Å². The molecular formula is C10H10F5N. The van der Waals surface area contributed by atoms with Crippen LogP contribution < -0.4 is 5.73 Å². The standard InChI is InChI=1S/C10H10F5N/c1-5(16)4-6-2-3-7(10(13,14)15)9(12)8(6)11/h2-3,5H,4,16H2,1H3. The summed E-state index contributed by atoms with van der Waals surface area (Å²) in [6.45, 7) is 1.55. The van der Waals surface area contributed by atoms with E-state index in [2.05, 4.69) is 0 Å². The maximum absolute atomic E-state index is 13.2. The molecule has 1 unspecified atom stereocenters. The summed E-state index contributed by atoms with van der Waals surface area (Å²) in [7, 11) is 0. The summed E-state index contributed by atoms with van der Waals surface area (Å²) < 4.78 is 62.9. The summed E-state index contributed by atoms with van der Waals surface area (Å²) in [5.41, 5.74) is 3.60. The van der Waals surface area contributed by atoms with Crippen molar-refractivity contribution in [2.75, 3.05) is 0 Å². The van der Waals surface area contributed by atoms with Crippen molar-refractivity contribution in [3.05, 3.63) is 34.9 Å². The van der Waals surface area contributed by atoms with Gasteiger partial charge in [-0.25, -0.2) is 8.78 Å². The lowest BCUT2D eigenvalue weighted by molar-refractivity contribution is -0.140. The molecule has 1 aromatic carbocycles. The summed E-state index contributed by atoms with van der Waals surface area (Å²) in [5.74, 6) is -3.35. The first-order chi connectivity index (χ1) is 7.23. The third-order valence-corrected chi connectivity index (χ3v) is 2.01. The number of hydrogen-bond acceptors (Lipinski definition) is 1. The van der Waals surface area contributed by atoms with Crippen LogP contribution in [0.15, 0.2) is 12.1 Å². The first-order valence-electron chi connectivity index (χ1n) is 4.53. The van der Waals surface area contributed by atoms with Crippen LogP contribution in [0.1, 0.15) is 18.1 Å². The van der Waals surface area contributed by atoms with Crippen LogP contribution in [-0.2, 0) is 12.6 Å². The van der Waals surface area contributed by atoms with Crippen molar-refractivity contribution in [1.29, 1.82) is 0 Å². The lowest BCUT2D eigenvalue weighted by atomic mass is 10.0. The normalized spacial score (nSPS) is 13.9. The van der Waals surface area contributed by atoms with Crippen molar-refractivity contribution in [1.82, 2.24) is 0 Å². The number of alkyl halides is 3. The molecule has 1 nitrogen and oxygen atoms in total. The Hall–Kier alpha value is -1.17. The van der Waals surface area contributed by atoms with E-state index in [9.17, 15) is 22.0 Å². The van der Waals surface area contributed by atoms with Crippen molar-refractivity contribution < 1.29 is 22.0 Å². The highest BCUT2D eigenvalue weighted by molar-refractivity contribution is 5.28. The molecule has 0 heterocycles. The molecule has 16 heavy (non-hydrogen) atoms. The van der Waals surface area contributed by atoms with Crippen LogP contribution in [0, 0.1) is 11.6 Å². The van der Waals surface area contributed by atoms with Crippen molar-refractivity contribution in [2.24, 2.45) is 5.73 Å². The Morgan fingerprint density at radius 2 is 1.75 bits per heavy atom. The predicted octanol–water partition coefficient (Wildman–Crippen LogP) is 2.87. The predicted molar refractivity (Wildman–Crippen MR) is 48.7 cm³/mol. The van der Waals surface area contributed by atoms with Gasteiger partial charge in [-0.2, -0.15) is 13.2 Å². The van der Waals surface area contributed by atoms with Crippen molar-refractivity contribution in [3.8, 4) is 0 Å². The molecular weight excluding hydrogens is 229 g/mol. The van der Waals surface area contributed by atoms with Gasteiger partial charge in [0.1, 0.15) is 0 Å². The Morgan fingerprint density at radius 1 is 1.19 bits per heavy atom. The monoisotopic (exact) mass is 239 g/mol. The highest BCUT2D eigenvalue weighted by Crippen LogP contribution is 2.33. The first kappa shape index (κ1) is 12.9. The Balaban J connectivity index is 3.19. The first-order valence-corrected chi connectivity index (χ1v) is 4.53. The maximum atomic E-state index is 13.2. The quantitative estimate of drug-likeness (QED) is 0.789. The lowest BCUT2D eigenvalue weighted by Crippen LogP contribution is -2.19. The van der Waals surface area contributed by atoms with E-state index in [4.69, 9.17) is 5.73 Å². The fourth-order valence-corrected chi connectivity index (χ4v) is 1.31. The van der Waals surface area contributed by atoms with Crippen LogP contribution in [0.2, 0.25) is 0 Å². The largest absolute Gasteiger partial charge is 0.419 e. The van der Waals surface area contributed by atoms with Crippen molar-refractivity contribution in [2.45, 2.75) is 25.6 Å². The SMILES string of the molecule is CC(N)Cc1ccc(C(F)(F)F)c(F)c1F. The topological polar surface area (TPSA) is 26.0 Å². The Kier molecular flexibility index (Phi) is 3.52. The summed E-state index contributed by atoms with van der Waals surface area (Å²) in [6, 6.07) is 0.978. The smallest absolute Gasteiger partial charge is 0.328 e. The van der Waals surface area contributed by atoms with E-state index in [0.717, 1.165) is 6.07 Å². The molecule has 0 amide bonds. The summed E-state index contributed by atoms with van der Waals surface area (Å²) >= 11 is 0. The maximum Gasteiger partial charge on any atom is 0.419 e. The average Bonchev–Trinajstić information content (AvgIpc) is 2.10. The van der Waals surface area contributed by atoms with Crippen LogP contribution in [0.3, 0.4) is 0 Å². The van der Waals surface area contributed by atoms with Crippen LogP contribution in [-0.4, -0.2) is 6.04 Å². The second-order valence-corrected chi connectivity index (χ2v) is 3.58. The van der Waals surface area contributed by atoms with Gasteiger partial charge < -0.3 is 5.73 Å². The Labute approximate surface area is 89.1 Å². The van der Waals surface area contributed by atoms with E-state index in [1.165, 1.54) is 0 Å². The molecule has 0 spiro atoms. The third-order valence-electron chi connectivity index (χ3n) is 2.01. The minimum Gasteiger partial charge on any atom is -0.328 e. The molecule has 0 saturated carbocycles. The summed E-state index contributed by atoms with van der Waals surface area (Å²) in [6.07, 6.45) is -4.90. The molecule has 1 atom stereocenters. The molecule has 0 aliphatic heterocycles. The van der Waals surface area contributed by atoms with E-state index < -0.39 is 29.4 Å². The van der Waals surface area contributed by atoms with Gasteiger partial charge in [-0.15, -0.1) is 0 Å². The van der Waals surface area contributed by atoms with Crippen LogP contribution in [0.5, 0.6) is 0 Å². The molecule has 1 aromatic rings. The number of halogens is 5. The number of hydrogen-bond donors (Lipinski definition) is 1. The minimum atomic E-state index is -4.89. The fourth-order valence-electron chi connectivity index (χ4n) is 1.31. The van der Waals surface area contributed by atoms with Gasteiger partial charge in [-0.1, -0.05) is 6.07 Å². The molecule has 0 aromatic heterocycles. The molecule has 0 fully saturated rings. The lowest BCUT2D eigenvalue weighted by Gasteiger charge is -2.12. The minimum absolute atomic E-state index is 0.0130. The second-order valence-electron chi connectivity index (χ2n) is 3.58. The summed E-state index contributed by atoms with van der Waals surface area (Å²) in [4.78, 5) is 0. The number of nitrogens with two attached hydrogens (primary N) is 1. The third kappa shape index (κ3) is 2.69. The number of benzene rings is 1. The zero-order valence-corrected chi connectivity index (χ0v) is 8.41. The molecule has 0 aliphatic rings. The Bertz CT molecular complexity index is 384. The highest BCUT2D eigenvalue weighted by atomic mass is 19.4. The van der Waals surface area contributed by atoms with Crippen LogP contribution >= 0.6 is 0 Å². The zero-order chi connectivity index (χ0) is 12.5. The molecule has 90 valence electrons. The van der Waals surface area contributed by atoms with Gasteiger partial charge in [0.25, 0.3) is 0 Å². The average molecular weight is 239 g/mol. The van der Waals surface area contributed by atoms with E-state index in [1.807, 2.05) is 0 Å². The highest BCUT2D eigenvalue weighted by Gasteiger charge is 2.35. The van der Waals surface area contributed by atoms with E-state index >= 15 is 0 Å². The second kappa shape index (κ2) is 4.37. The molecule has 2 N–H and O–H groups in total. The van der Waals surface area contributed by atoms with Gasteiger partial charge in [-0.3, -0.25) is 0 Å². The molecule has 0 radical (unpaired) electrons. The van der Waals surface area contributed by atoms with E-state index in [-0.39, 0.29) is 12.0 Å². The molecule has 0 bridgehead atoms. The zero-order valence-electron chi connectivity index (χ0n) is 8.41. The van der Waals surface area contributed by atoms with Crippen molar-refractivity contribution in [3.63, 3.8) is 0 Å². The summed E-state index contributed by atoms with van der Waals surface area (Å²) in [5, 5.41) is 0. The van der Waals surface area contributed by atoms with E-state index in [0.29, 0.717) is 6.07 Å². The van der Waals surface area contributed by atoms with Gasteiger partial charge in [0.05, 0.1) is 5.56 Å². The Morgan fingerprint density at radius 3 is 2.19 bits per heavy atom. The van der Waals surface area contributed by atoms with Crippen LogP contribution in [0.4, 0.5) is 22.0 Å². The van der Waals surface area contributed by atoms with Gasteiger partial charge in [0.15, 0.2) is 11.6 Å². The van der Waals surface area contributed by atoms with Gasteiger partial charge in [0.2, 0.25) is 0 Å². The van der Waals surface area contributed by atoms with E-state index in [1.54, 1.807) is 6.92 Å².